The molecule has 1 saturated heterocycles. The molecule has 0 amide bonds. The van der Waals surface area contributed by atoms with Crippen LogP contribution in [0.4, 0.5) is 0 Å². The molecule has 0 saturated carbocycles. The molecular formula is C13H21N3O2. The number of hydrogen-bond acceptors (Lipinski definition) is 3. The standard InChI is InChI=1S/C13H21N3O2/c1-9(2)11-7-12(15-14-11)10-3-5-16(6-4-10)8-13(17)18/h7,9-10H,3-6,8H2,1-2H3,(H,14,15)(H,17,18). The maximum absolute atomic E-state index is 10.6. The van der Waals surface area contributed by atoms with Crippen LogP contribution in [0.5, 0.6) is 0 Å². The Balaban J connectivity index is 1.90. The number of piperidine rings is 1. The normalized spacial score (nSPS) is 18.4. The largest absolute Gasteiger partial charge is 0.480 e. The quantitative estimate of drug-likeness (QED) is 0.856. The van der Waals surface area contributed by atoms with Gasteiger partial charge in [-0.15, -0.1) is 0 Å². The first-order valence-corrected chi connectivity index (χ1v) is 6.55. The first kappa shape index (κ1) is 13.1. The lowest BCUT2D eigenvalue weighted by Gasteiger charge is -2.30. The van der Waals surface area contributed by atoms with E-state index in [1.165, 1.54) is 5.69 Å². The number of rotatable bonds is 4. The molecule has 0 atom stereocenters. The fourth-order valence-corrected chi connectivity index (χ4v) is 2.45. The zero-order chi connectivity index (χ0) is 13.1. The van der Waals surface area contributed by atoms with E-state index in [9.17, 15) is 4.79 Å². The molecule has 1 aliphatic heterocycles. The Hall–Kier alpha value is -1.36. The van der Waals surface area contributed by atoms with Crippen molar-refractivity contribution in [2.45, 2.75) is 38.5 Å². The van der Waals surface area contributed by atoms with Gasteiger partial charge in [0, 0.05) is 11.6 Å². The number of carbonyl (C=O) groups is 1. The molecule has 18 heavy (non-hydrogen) atoms. The van der Waals surface area contributed by atoms with E-state index in [0.717, 1.165) is 31.6 Å². The summed E-state index contributed by atoms with van der Waals surface area (Å²) in [6.45, 7) is 6.14. The molecule has 5 heteroatoms. The first-order chi connectivity index (χ1) is 8.56. The Morgan fingerprint density at radius 1 is 1.56 bits per heavy atom. The minimum atomic E-state index is -0.739. The Kier molecular flexibility index (Phi) is 4.01. The van der Waals surface area contributed by atoms with Crippen LogP contribution < -0.4 is 0 Å². The number of aromatic amines is 1. The second-order valence-corrected chi connectivity index (χ2v) is 5.35. The summed E-state index contributed by atoms with van der Waals surface area (Å²) in [6.07, 6.45) is 2.01. The number of H-pyrrole nitrogens is 1. The third kappa shape index (κ3) is 3.10. The van der Waals surface area contributed by atoms with Gasteiger partial charge in [0.25, 0.3) is 0 Å². The zero-order valence-electron chi connectivity index (χ0n) is 11.0. The van der Waals surface area contributed by atoms with Crippen LogP contribution in [0, 0.1) is 0 Å². The number of aromatic nitrogens is 2. The van der Waals surface area contributed by atoms with Crippen molar-refractivity contribution in [2.24, 2.45) is 0 Å². The first-order valence-electron chi connectivity index (χ1n) is 6.55. The van der Waals surface area contributed by atoms with Gasteiger partial charge < -0.3 is 5.11 Å². The van der Waals surface area contributed by atoms with E-state index in [1.807, 2.05) is 4.90 Å². The highest BCUT2D eigenvalue weighted by Gasteiger charge is 2.23. The molecule has 0 spiro atoms. The van der Waals surface area contributed by atoms with Crippen LogP contribution in [0.1, 0.15) is 49.9 Å². The van der Waals surface area contributed by atoms with Crippen molar-refractivity contribution in [3.05, 3.63) is 17.5 Å². The highest BCUT2D eigenvalue weighted by molar-refractivity contribution is 5.69. The van der Waals surface area contributed by atoms with Gasteiger partial charge in [-0.25, -0.2) is 0 Å². The van der Waals surface area contributed by atoms with Crippen LogP contribution >= 0.6 is 0 Å². The summed E-state index contributed by atoms with van der Waals surface area (Å²) < 4.78 is 0. The Morgan fingerprint density at radius 2 is 2.22 bits per heavy atom. The molecule has 0 aromatic carbocycles. The summed E-state index contributed by atoms with van der Waals surface area (Å²) >= 11 is 0. The van der Waals surface area contributed by atoms with Crippen molar-refractivity contribution < 1.29 is 9.90 Å². The van der Waals surface area contributed by atoms with Crippen molar-refractivity contribution in [2.75, 3.05) is 19.6 Å². The van der Waals surface area contributed by atoms with E-state index in [4.69, 9.17) is 5.11 Å². The molecule has 0 unspecified atom stereocenters. The SMILES string of the molecule is CC(C)c1cc(C2CCN(CC(=O)O)CC2)[nH]n1. The van der Waals surface area contributed by atoms with Crippen LogP contribution in [-0.2, 0) is 4.79 Å². The molecule has 2 N–H and O–H groups in total. The van der Waals surface area contributed by atoms with E-state index in [2.05, 4.69) is 30.1 Å². The summed E-state index contributed by atoms with van der Waals surface area (Å²) in [5.74, 6) is 0.203. The molecule has 100 valence electrons. The lowest BCUT2D eigenvalue weighted by molar-refractivity contribution is -0.138. The average molecular weight is 251 g/mol. The highest BCUT2D eigenvalue weighted by Crippen LogP contribution is 2.28. The van der Waals surface area contributed by atoms with Crippen LogP contribution in [0.3, 0.4) is 0 Å². The molecule has 1 aliphatic rings. The minimum absolute atomic E-state index is 0.160. The van der Waals surface area contributed by atoms with Gasteiger partial charge in [-0.05, 0) is 37.9 Å². The van der Waals surface area contributed by atoms with Crippen LogP contribution in [-0.4, -0.2) is 45.8 Å². The third-order valence-electron chi connectivity index (χ3n) is 3.60. The predicted octanol–water partition coefficient (Wildman–Crippen LogP) is 1.80. The minimum Gasteiger partial charge on any atom is -0.480 e. The molecule has 2 rings (SSSR count). The number of likely N-dealkylation sites (tertiary alicyclic amines) is 1. The fourth-order valence-electron chi connectivity index (χ4n) is 2.45. The zero-order valence-corrected chi connectivity index (χ0v) is 11.0. The van der Waals surface area contributed by atoms with Crippen LogP contribution in [0.15, 0.2) is 6.07 Å². The molecule has 2 heterocycles. The maximum atomic E-state index is 10.6. The van der Waals surface area contributed by atoms with Gasteiger partial charge in [0.15, 0.2) is 0 Å². The topological polar surface area (TPSA) is 69.2 Å². The predicted molar refractivity (Wildman–Crippen MR) is 68.7 cm³/mol. The second-order valence-electron chi connectivity index (χ2n) is 5.35. The van der Waals surface area contributed by atoms with E-state index in [0.29, 0.717) is 11.8 Å². The molecule has 0 aliphatic carbocycles. The number of aliphatic carboxylic acids is 1. The molecule has 5 nitrogen and oxygen atoms in total. The summed E-state index contributed by atoms with van der Waals surface area (Å²) in [5.41, 5.74) is 2.31. The van der Waals surface area contributed by atoms with Crippen LogP contribution in [0.2, 0.25) is 0 Å². The number of carboxylic acid groups (broad SMARTS) is 1. The monoisotopic (exact) mass is 251 g/mol. The van der Waals surface area contributed by atoms with E-state index < -0.39 is 5.97 Å². The van der Waals surface area contributed by atoms with E-state index in [1.54, 1.807) is 0 Å². The van der Waals surface area contributed by atoms with Gasteiger partial charge in [0.2, 0.25) is 0 Å². The smallest absolute Gasteiger partial charge is 0.317 e. The van der Waals surface area contributed by atoms with Gasteiger partial charge in [0.1, 0.15) is 0 Å². The van der Waals surface area contributed by atoms with Crippen molar-refractivity contribution in [3.63, 3.8) is 0 Å². The van der Waals surface area contributed by atoms with Crippen molar-refractivity contribution in [3.8, 4) is 0 Å². The second kappa shape index (κ2) is 5.52. The molecular weight excluding hydrogens is 230 g/mol. The molecule has 0 bridgehead atoms. The van der Waals surface area contributed by atoms with Crippen molar-refractivity contribution in [1.29, 1.82) is 0 Å². The van der Waals surface area contributed by atoms with E-state index in [-0.39, 0.29) is 6.54 Å². The molecule has 1 fully saturated rings. The molecule has 1 aromatic heterocycles. The highest BCUT2D eigenvalue weighted by atomic mass is 16.4. The Morgan fingerprint density at radius 3 is 2.72 bits per heavy atom. The Bertz CT molecular complexity index is 406. The number of nitrogens with one attached hydrogen (secondary N) is 1. The van der Waals surface area contributed by atoms with Gasteiger partial charge in [-0.3, -0.25) is 14.8 Å². The van der Waals surface area contributed by atoms with Gasteiger partial charge in [0.05, 0.1) is 12.2 Å². The fraction of sp³-hybridized carbons (Fsp3) is 0.692. The van der Waals surface area contributed by atoms with Gasteiger partial charge in [-0.1, -0.05) is 13.8 Å². The van der Waals surface area contributed by atoms with E-state index >= 15 is 0 Å². The van der Waals surface area contributed by atoms with Crippen LogP contribution in [0.25, 0.3) is 0 Å². The molecule has 1 aromatic rings. The van der Waals surface area contributed by atoms with Crippen molar-refractivity contribution in [1.82, 2.24) is 15.1 Å². The lowest BCUT2D eigenvalue weighted by atomic mass is 9.93. The number of carboxylic acids is 1. The van der Waals surface area contributed by atoms with Gasteiger partial charge >= 0.3 is 5.97 Å². The summed E-state index contributed by atoms with van der Waals surface area (Å²) in [4.78, 5) is 12.6. The average Bonchev–Trinajstić information content (AvgIpc) is 2.78. The van der Waals surface area contributed by atoms with Gasteiger partial charge in [-0.2, -0.15) is 5.10 Å². The lowest BCUT2D eigenvalue weighted by Crippen LogP contribution is -2.36. The Labute approximate surface area is 107 Å². The number of hydrogen-bond donors (Lipinski definition) is 2. The summed E-state index contributed by atoms with van der Waals surface area (Å²) in [7, 11) is 0. The third-order valence-corrected chi connectivity index (χ3v) is 3.60. The maximum Gasteiger partial charge on any atom is 0.317 e. The number of nitrogens with zero attached hydrogens (tertiary/aromatic N) is 2. The summed E-state index contributed by atoms with van der Waals surface area (Å²) in [6, 6.07) is 2.15. The van der Waals surface area contributed by atoms with Crippen molar-refractivity contribution >= 4 is 5.97 Å². The summed E-state index contributed by atoms with van der Waals surface area (Å²) in [5, 5.41) is 16.2. The molecule has 0 radical (unpaired) electrons.